The minimum Gasteiger partial charge on any atom is -0.378 e. The summed E-state index contributed by atoms with van der Waals surface area (Å²) in [7, 11) is -0.0494. The fraction of sp³-hybridized carbons (Fsp3) is 0.222. The van der Waals surface area contributed by atoms with Crippen molar-refractivity contribution >= 4 is 33.2 Å². The van der Waals surface area contributed by atoms with Crippen molar-refractivity contribution in [3.63, 3.8) is 0 Å². The molecule has 1 heterocycles. The zero-order valence-electron chi connectivity index (χ0n) is 14.5. The number of hydrogen-bond acceptors (Lipinski definition) is 5. The number of fused-ring (bicyclic) bond motifs is 1. The molecule has 0 atom stereocenters. The lowest BCUT2D eigenvalue weighted by Gasteiger charge is -2.15. The van der Waals surface area contributed by atoms with Gasteiger partial charge in [0.15, 0.2) is 0 Å². The van der Waals surface area contributed by atoms with Crippen molar-refractivity contribution in [2.45, 2.75) is 11.3 Å². The van der Waals surface area contributed by atoms with Gasteiger partial charge in [0.1, 0.15) is 4.90 Å². The van der Waals surface area contributed by atoms with Crippen LogP contribution in [0.2, 0.25) is 0 Å². The third-order valence-corrected chi connectivity index (χ3v) is 5.96. The molecule has 0 unspecified atom stereocenters. The zero-order chi connectivity index (χ0) is 18.9. The van der Waals surface area contributed by atoms with Gasteiger partial charge in [-0.15, -0.1) is 0 Å². The van der Waals surface area contributed by atoms with Crippen molar-refractivity contribution in [2.75, 3.05) is 30.9 Å². The molecule has 1 aliphatic heterocycles. The van der Waals surface area contributed by atoms with Crippen LogP contribution in [-0.4, -0.2) is 45.2 Å². The first kappa shape index (κ1) is 17.9. The van der Waals surface area contributed by atoms with Crippen LogP contribution in [-0.2, 0) is 14.8 Å². The van der Waals surface area contributed by atoms with Crippen LogP contribution >= 0.6 is 0 Å². The SMILES string of the molecule is CN(C)c1ccc(NC(=O)CCN2C(=O)c3ccccc3S2(=O)=O)cc1. The first-order valence-corrected chi connectivity index (χ1v) is 9.48. The van der Waals surface area contributed by atoms with Crippen LogP contribution in [0.25, 0.3) is 0 Å². The van der Waals surface area contributed by atoms with Gasteiger partial charge in [0.2, 0.25) is 5.91 Å². The van der Waals surface area contributed by atoms with Crippen molar-refractivity contribution < 1.29 is 18.0 Å². The monoisotopic (exact) mass is 373 g/mol. The fourth-order valence-corrected chi connectivity index (χ4v) is 4.29. The molecule has 0 aliphatic carbocycles. The van der Waals surface area contributed by atoms with E-state index in [1.54, 1.807) is 24.3 Å². The number of rotatable bonds is 5. The standard InChI is InChI=1S/C18H19N3O4S/c1-20(2)14-9-7-13(8-10-14)19-17(22)11-12-21-18(23)15-5-3-4-6-16(15)26(21,24)25/h3-10H,11-12H2,1-2H3,(H,19,22). The van der Waals surface area contributed by atoms with Gasteiger partial charge in [-0.25, -0.2) is 12.7 Å². The summed E-state index contributed by atoms with van der Waals surface area (Å²) in [5, 5.41) is 2.71. The minimum absolute atomic E-state index is 0.00955. The molecule has 0 radical (unpaired) electrons. The first-order chi connectivity index (χ1) is 12.3. The molecule has 0 bridgehead atoms. The molecule has 0 spiro atoms. The quantitative estimate of drug-likeness (QED) is 0.865. The van der Waals surface area contributed by atoms with E-state index in [2.05, 4.69) is 5.32 Å². The van der Waals surface area contributed by atoms with E-state index in [0.29, 0.717) is 5.69 Å². The van der Waals surface area contributed by atoms with Crippen LogP contribution < -0.4 is 10.2 Å². The third kappa shape index (κ3) is 3.28. The second-order valence-corrected chi connectivity index (χ2v) is 7.95. The summed E-state index contributed by atoms with van der Waals surface area (Å²) in [6.45, 7) is -0.197. The minimum atomic E-state index is -3.88. The summed E-state index contributed by atoms with van der Waals surface area (Å²) < 4.78 is 25.6. The lowest BCUT2D eigenvalue weighted by atomic mass is 10.2. The van der Waals surface area contributed by atoms with Crippen LogP contribution in [0.1, 0.15) is 16.8 Å². The summed E-state index contributed by atoms with van der Waals surface area (Å²) in [6.07, 6.45) is -0.117. The molecule has 3 rings (SSSR count). The Balaban J connectivity index is 1.64. The number of sulfonamides is 1. The van der Waals surface area contributed by atoms with E-state index in [9.17, 15) is 18.0 Å². The molecule has 26 heavy (non-hydrogen) atoms. The van der Waals surface area contributed by atoms with Crippen LogP contribution in [0.4, 0.5) is 11.4 Å². The Labute approximate surface area is 152 Å². The van der Waals surface area contributed by atoms with Gasteiger partial charge in [-0.05, 0) is 36.4 Å². The molecule has 2 aromatic carbocycles. The van der Waals surface area contributed by atoms with Gasteiger partial charge < -0.3 is 10.2 Å². The van der Waals surface area contributed by atoms with Crippen LogP contribution in [0.5, 0.6) is 0 Å². The number of benzene rings is 2. The molecule has 0 saturated heterocycles. The highest BCUT2D eigenvalue weighted by Crippen LogP contribution is 2.29. The molecule has 2 amide bonds. The topological polar surface area (TPSA) is 86.8 Å². The average molecular weight is 373 g/mol. The zero-order valence-corrected chi connectivity index (χ0v) is 15.3. The summed E-state index contributed by atoms with van der Waals surface area (Å²) in [6, 6.07) is 13.3. The predicted molar refractivity (Wildman–Crippen MR) is 98.7 cm³/mol. The van der Waals surface area contributed by atoms with E-state index in [0.717, 1.165) is 9.99 Å². The highest BCUT2D eigenvalue weighted by Gasteiger charge is 2.40. The van der Waals surface area contributed by atoms with E-state index >= 15 is 0 Å². The highest BCUT2D eigenvalue weighted by atomic mass is 32.2. The number of carbonyl (C=O) groups excluding carboxylic acids is 2. The van der Waals surface area contributed by atoms with E-state index in [-0.39, 0.29) is 29.3 Å². The van der Waals surface area contributed by atoms with Gasteiger partial charge in [-0.3, -0.25) is 9.59 Å². The van der Waals surface area contributed by atoms with Gasteiger partial charge in [-0.1, -0.05) is 12.1 Å². The van der Waals surface area contributed by atoms with Crippen molar-refractivity contribution in [3.05, 3.63) is 54.1 Å². The van der Waals surface area contributed by atoms with Crippen LogP contribution in [0.15, 0.2) is 53.4 Å². The smallest absolute Gasteiger partial charge is 0.269 e. The largest absolute Gasteiger partial charge is 0.378 e. The molecule has 1 aliphatic rings. The highest BCUT2D eigenvalue weighted by molar-refractivity contribution is 7.90. The number of nitrogens with one attached hydrogen (secondary N) is 1. The lowest BCUT2D eigenvalue weighted by Crippen LogP contribution is -2.33. The van der Waals surface area contributed by atoms with Gasteiger partial charge >= 0.3 is 0 Å². The second-order valence-electron chi connectivity index (χ2n) is 6.12. The second kappa shape index (κ2) is 6.80. The van der Waals surface area contributed by atoms with Gasteiger partial charge in [-0.2, -0.15) is 0 Å². The Bertz CT molecular complexity index is 953. The molecule has 2 aromatic rings. The molecule has 8 heteroatoms. The third-order valence-electron chi connectivity index (χ3n) is 4.12. The Morgan fingerprint density at radius 1 is 1.08 bits per heavy atom. The number of nitrogens with zero attached hydrogens (tertiary/aromatic N) is 2. The maximum Gasteiger partial charge on any atom is 0.269 e. The van der Waals surface area contributed by atoms with E-state index in [4.69, 9.17) is 0 Å². The average Bonchev–Trinajstić information content (AvgIpc) is 2.80. The summed E-state index contributed by atoms with van der Waals surface area (Å²) in [4.78, 5) is 26.3. The maximum atomic E-state index is 12.4. The first-order valence-electron chi connectivity index (χ1n) is 8.04. The molecular formula is C18H19N3O4S. The number of carbonyl (C=O) groups is 2. The van der Waals surface area contributed by atoms with E-state index in [1.165, 1.54) is 12.1 Å². The molecule has 1 N–H and O–H groups in total. The Morgan fingerprint density at radius 3 is 2.35 bits per heavy atom. The van der Waals surface area contributed by atoms with Gasteiger partial charge in [0.05, 0.1) is 5.56 Å². The fourth-order valence-electron chi connectivity index (χ4n) is 2.72. The predicted octanol–water partition coefficient (Wildman–Crippen LogP) is 1.93. The van der Waals surface area contributed by atoms with Crippen molar-refractivity contribution in [1.82, 2.24) is 4.31 Å². The molecule has 0 fully saturated rings. The number of anilines is 2. The Morgan fingerprint density at radius 2 is 1.73 bits per heavy atom. The number of amides is 2. The Hall–Kier alpha value is -2.87. The summed E-state index contributed by atoms with van der Waals surface area (Å²) in [5.41, 5.74) is 1.75. The van der Waals surface area contributed by atoms with Gasteiger partial charge in [0.25, 0.3) is 15.9 Å². The molecule has 7 nitrogen and oxygen atoms in total. The van der Waals surface area contributed by atoms with Crippen LogP contribution in [0.3, 0.4) is 0 Å². The van der Waals surface area contributed by atoms with Crippen molar-refractivity contribution in [2.24, 2.45) is 0 Å². The number of hydrogen-bond donors (Lipinski definition) is 1. The van der Waals surface area contributed by atoms with Crippen LogP contribution in [0, 0.1) is 0 Å². The molecular weight excluding hydrogens is 354 g/mol. The molecule has 0 aromatic heterocycles. The molecule has 136 valence electrons. The summed E-state index contributed by atoms with van der Waals surface area (Å²) in [5.74, 6) is -0.953. The normalized spacial score (nSPS) is 14.8. The Kier molecular flexibility index (Phi) is 4.69. The lowest BCUT2D eigenvalue weighted by molar-refractivity contribution is -0.116. The summed E-state index contributed by atoms with van der Waals surface area (Å²) >= 11 is 0. The van der Waals surface area contributed by atoms with E-state index in [1.807, 2.05) is 31.1 Å². The molecule has 0 saturated carbocycles. The van der Waals surface area contributed by atoms with Crippen molar-refractivity contribution in [3.8, 4) is 0 Å². The van der Waals surface area contributed by atoms with E-state index < -0.39 is 15.9 Å². The van der Waals surface area contributed by atoms with Crippen molar-refractivity contribution in [1.29, 1.82) is 0 Å². The maximum absolute atomic E-state index is 12.4. The van der Waals surface area contributed by atoms with Gasteiger partial charge in [0, 0.05) is 38.4 Å².